The number of nitrogens with one attached hydrogen (secondary N) is 1. The van der Waals surface area contributed by atoms with Crippen LogP contribution in [0.25, 0.3) is 22.0 Å². The summed E-state index contributed by atoms with van der Waals surface area (Å²) < 4.78 is 6.06. The van der Waals surface area contributed by atoms with Crippen LogP contribution in [-0.4, -0.2) is 4.98 Å². The van der Waals surface area contributed by atoms with Crippen molar-refractivity contribution in [2.24, 2.45) is 0 Å². The summed E-state index contributed by atoms with van der Waals surface area (Å²) in [5.41, 5.74) is 4.28. The van der Waals surface area contributed by atoms with Crippen molar-refractivity contribution in [3.63, 3.8) is 0 Å². The molecule has 4 rings (SSSR count). The Balaban J connectivity index is 1.63. The second-order valence-electron chi connectivity index (χ2n) is 5.81. The highest BCUT2D eigenvalue weighted by Crippen LogP contribution is 2.32. The smallest absolute Gasteiger partial charge is 0.127 e. The van der Waals surface area contributed by atoms with Gasteiger partial charge in [-0.05, 0) is 52.9 Å². The van der Waals surface area contributed by atoms with Gasteiger partial charge in [-0.25, -0.2) is 0 Å². The second-order valence-corrected chi connectivity index (χ2v) is 6.63. The number of para-hydroxylation sites is 1. The molecule has 124 valence electrons. The quantitative estimate of drug-likeness (QED) is 0.425. The maximum absolute atomic E-state index is 6.08. The number of benzene rings is 3. The second kappa shape index (κ2) is 6.83. The zero-order valence-corrected chi connectivity index (χ0v) is 14.8. The molecule has 0 saturated carbocycles. The molecular weight excluding hydrogens is 353 g/mol. The van der Waals surface area contributed by atoms with Gasteiger partial charge in [0.25, 0.3) is 0 Å². The van der Waals surface area contributed by atoms with Crippen molar-refractivity contribution in [1.82, 2.24) is 4.98 Å². The van der Waals surface area contributed by atoms with Gasteiger partial charge in [-0.2, -0.15) is 0 Å². The fourth-order valence-corrected chi connectivity index (χ4v) is 3.16. The maximum atomic E-state index is 6.08. The molecule has 3 aromatic carbocycles. The highest BCUT2D eigenvalue weighted by Gasteiger charge is 2.08. The summed E-state index contributed by atoms with van der Waals surface area (Å²) in [4.78, 5) is 3.21. The first-order chi connectivity index (χ1) is 12.2. The van der Waals surface area contributed by atoms with Gasteiger partial charge in [-0.1, -0.05) is 53.5 Å². The Hall–Kier alpha value is -2.42. The van der Waals surface area contributed by atoms with Gasteiger partial charge >= 0.3 is 0 Å². The van der Waals surface area contributed by atoms with E-state index in [0.717, 1.165) is 28.0 Å². The minimum Gasteiger partial charge on any atom is -0.488 e. The van der Waals surface area contributed by atoms with Crippen molar-refractivity contribution in [2.45, 2.75) is 6.61 Å². The van der Waals surface area contributed by atoms with Crippen LogP contribution >= 0.6 is 23.2 Å². The molecule has 0 saturated heterocycles. The lowest BCUT2D eigenvalue weighted by Gasteiger charge is -2.12. The largest absolute Gasteiger partial charge is 0.488 e. The van der Waals surface area contributed by atoms with Gasteiger partial charge in [0, 0.05) is 17.3 Å². The zero-order chi connectivity index (χ0) is 17.2. The van der Waals surface area contributed by atoms with E-state index in [9.17, 15) is 0 Å². The molecule has 4 aromatic rings. The third kappa shape index (κ3) is 3.37. The van der Waals surface area contributed by atoms with Crippen molar-refractivity contribution in [3.05, 3.63) is 88.5 Å². The van der Waals surface area contributed by atoms with Crippen LogP contribution in [0.3, 0.4) is 0 Å². The molecule has 0 bridgehead atoms. The van der Waals surface area contributed by atoms with Gasteiger partial charge in [0.2, 0.25) is 0 Å². The lowest BCUT2D eigenvalue weighted by molar-refractivity contribution is 0.307. The van der Waals surface area contributed by atoms with Crippen LogP contribution in [0.15, 0.2) is 72.9 Å². The Morgan fingerprint density at radius 1 is 0.840 bits per heavy atom. The third-order valence-corrected chi connectivity index (χ3v) is 4.87. The molecule has 0 aliphatic heterocycles. The van der Waals surface area contributed by atoms with Gasteiger partial charge in [0.1, 0.15) is 12.4 Å². The Morgan fingerprint density at radius 3 is 2.60 bits per heavy atom. The Labute approximate surface area is 156 Å². The molecule has 0 atom stereocenters. The van der Waals surface area contributed by atoms with Crippen LogP contribution in [0.4, 0.5) is 0 Å². The lowest BCUT2D eigenvalue weighted by atomic mass is 10.0. The molecule has 1 heterocycles. The lowest BCUT2D eigenvalue weighted by Crippen LogP contribution is -1.97. The predicted octanol–water partition coefficient (Wildman–Crippen LogP) is 6.72. The molecule has 1 aromatic heterocycles. The van der Waals surface area contributed by atoms with Gasteiger partial charge in [-0.15, -0.1) is 0 Å². The number of hydrogen-bond acceptors (Lipinski definition) is 1. The summed E-state index contributed by atoms with van der Waals surface area (Å²) in [5, 5.41) is 2.26. The normalized spacial score (nSPS) is 11.0. The summed E-state index contributed by atoms with van der Waals surface area (Å²) in [6.45, 7) is 0.431. The summed E-state index contributed by atoms with van der Waals surface area (Å²) in [6, 6.07) is 22.0. The minimum atomic E-state index is 0.431. The van der Waals surface area contributed by atoms with Gasteiger partial charge in [0.15, 0.2) is 0 Å². The van der Waals surface area contributed by atoms with Gasteiger partial charge < -0.3 is 9.72 Å². The fraction of sp³-hybridized carbons (Fsp3) is 0.0476. The van der Waals surface area contributed by atoms with Crippen LogP contribution in [0.2, 0.25) is 10.0 Å². The van der Waals surface area contributed by atoms with E-state index in [1.165, 1.54) is 5.39 Å². The molecule has 0 aliphatic rings. The van der Waals surface area contributed by atoms with E-state index in [1.54, 1.807) is 6.07 Å². The molecule has 0 unspecified atom stereocenters. The first-order valence-electron chi connectivity index (χ1n) is 7.94. The van der Waals surface area contributed by atoms with Gasteiger partial charge in [0.05, 0.1) is 10.0 Å². The molecule has 0 spiro atoms. The standard InChI is InChI=1S/C21H15Cl2NO/c22-18-7-5-14(11-19(18)23)13-25-21-4-2-1-3-17(21)15-6-8-20-16(12-15)9-10-24-20/h1-12,24H,13H2. The van der Waals surface area contributed by atoms with Crippen molar-refractivity contribution in [2.75, 3.05) is 0 Å². The molecule has 0 amide bonds. The van der Waals surface area contributed by atoms with Crippen molar-refractivity contribution in [1.29, 1.82) is 0 Å². The van der Waals surface area contributed by atoms with Crippen LogP contribution in [-0.2, 0) is 6.61 Å². The average Bonchev–Trinajstić information content (AvgIpc) is 3.11. The topological polar surface area (TPSA) is 25.0 Å². The van der Waals surface area contributed by atoms with E-state index in [0.29, 0.717) is 16.7 Å². The number of aromatic amines is 1. The average molecular weight is 368 g/mol. The molecule has 25 heavy (non-hydrogen) atoms. The summed E-state index contributed by atoms with van der Waals surface area (Å²) in [6.07, 6.45) is 1.95. The fourth-order valence-electron chi connectivity index (χ4n) is 2.84. The first kappa shape index (κ1) is 16.1. The predicted molar refractivity (Wildman–Crippen MR) is 105 cm³/mol. The highest BCUT2D eigenvalue weighted by atomic mass is 35.5. The number of aromatic nitrogens is 1. The van der Waals surface area contributed by atoms with E-state index in [1.807, 2.05) is 36.5 Å². The highest BCUT2D eigenvalue weighted by molar-refractivity contribution is 6.42. The van der Waals surface area contributed by atoms with E-state index in [4.69, 9.17) is 27.9 Å². The van der Waals surface area contributed by atoms with E-state index >= 15 is 0 Å². The molecule has 0 radical (unpaired) electrons. The number of H-pyrrole nitrogens is 1. The van der Waals surface area contributed by atoms with Crippen molar-refractivity contribution >= 4 is 34.1 Å². The van der Waals surface area contributed by atoms with Gasteiger partial charge in [-0.3, -0.25) is 0 Å². The first-order valence-corrected chi connectivity index (χ1v) is 8.69. The van der Waals surface area contributed by atoms with Crippen LogP contribution < -0.4 is 4.74 Å². The monoisotopic (exact) mass is 367 g/mol. The summed E-state index contributed by atoms with van der Waals surface area (Å²) in [5.74, 6) is 0.837. The molecule has 0 aliphatic carbocycles. The Bertz CT molecular complexity index is 1040. The van der Waals surface area contributed by atoms with Crippen molar-refractivity contribution < 1.29 is 4.74 Å². The van der Waals surface area contributed by atoms with Crippen LogP contribution in [0, 0.1) is 0 Å². The molecule has 1 N–H and O–H groups in total. The van der Waals surface area contributed by atoms with Crippen LogP contribution in [0.1, 0.15) is 5.56 Å². The Kier molecular flexibility index (Phi) is 4.39. The van der Waals surface area contributed by atoms with E-state index < -0.39 is 0 Å². The van der Waals surface area contributed by atoms with E-state index in [2.05, 4.69) is 35.3 Å². The maximum Gasteiger partial charge on any atom is 0.127 e. The van der Waals surface area contributed by atoms with Crippen LogP contribution in [0.5, 0.6) is 5.75 Å². The summed E-state index contributed by atoms with van der Waals surface area (Å²) >= 11 is 12.0. The number of rotatable bonds is 4. The number of ether oxygens (including phenoxy) is 1. The number of halogens is 2. The number of fused-ring (bicyclic) bond motifs is 1. The molecule has 2 nitrogen and oxygen atoms in total. The van der Waals surface area contributed by atoms with E-state index in [-0.39, 0.29) is 0 Å². The summed E-state index contributed by atoms with van der Waals surface area (Å²) in [7, 11) is 0. The zero-order valence-electron chi connectivity index (χ0n) is 13.3. The molecule has 0 fully saturated rings. The SMILES string of the molecule is Clc1ccc(COc2ccccc2-c2ccc3[nH]ccc3c2)cc1Cl. The minimum absolute atomic E-state index is 0.431. The molecule has 4 heteroatoms. The number of hydrogen-bond donors (Lipinski definition) is 1. The Morgan fingerprint density at radius 2 is 1.72 bits per heavy atom. The van der Waals surface area contributed by atoms with Crippen molar-refractivity contribution in [3.8, 4) is 16.9 Å². The third-order valence-electron chi connectivity index (χ3n) is 4.13. The molecular formula is C21H15Cl2NO.